The van der Waals surface area contributed by atoms with Crippen LogP contribution in [0, 0.1) is 11.6 Å². The number of anilines is 1. The van der Waals surface area contributed by atoms with E-state index in [1.807, 2.05) is 0 Å². The standard InChI is InChI=1S/C15H13F4NO/c1-9(13-8-10(16)2-7-14(13)17)20-11-3-5-12(6-4-11)21-15(18)19/h2-9,15,20H,1H3. The lowest BCUT2D eigenvalue weighted by Gasteiger charge is -2.17. The summed E-state index contributed by atoms with van der Waals surface area (Å²) in [5, 5.41) is 2.96. The maximum absolute atomic E-state index is 13.6. The maximum atomic E-state index is 13.6. The van der Waals surface area contributed by atoms with Gasteiger partial charge in [-0.3, -0.25) is 0 Å². The summed E-state index contributed by atoms with van der Waals surface area (Å²) in [4.78, 5) is 0. The van der Waals surface area contributed by atoms with Gasteiger partial charge in [0.15, 0.2) is 0 Å². The van der Waals surface area contributed by atoms with Crippen molar-refractivity contribution in [1.29, 1.82) is 0 Å². The average molecular weight is 299 g/mol. The van der Waals surface area contributed by atoms with E-state index in [-0.39, 0.29) is 11.3 Å². The van der Waals surface area contributed by atoms with Gasteiger partial charge in [0.2, 0.25) is 0 Å². The van der Waals surface area contributed by atoms with E-state index >= 15 is 0 Å². The van der Waals surface area contributed by atoms with Crippen molar-refractivity contribution in [3.63, 3.8) is 0 Å². The van der Waals surface area contributed by atoms with Gasteiger partial charge in [0.25, 0.3) is 0 Å². The molecule has 0 saturated heterocycles. The van der Waals surface area contributed by atoms with Crippen LogP contribution in [0.2, 0.25) is 0 Å². The Morgan fingerprint density at radius 3 is 2.29 bits per heavy atom. The first kappa shape index (κ1) is 15.2. The van der Waals surface area contributed by atoms with Crippen molar-refractivity contribution in [3.8, 4) is 5.75 Å². The van der Waals surface area contributed by atoms with Crippen molar-refractivity contribution >= 4 is 5.69 Å². The van der Waals surface area contributed by atoms with Gasteiger partial charge in [-0.1, -0.05) is 0 Å². The van der Waals surface area contributed by atoms with Crippen LogP contribution in [0.15, 0.2) is 42.5 Å². The average Bonchev–Trinajstić information content (AvgIpc) is 2.43. The molecule has 0 aliphatic carbocycles. The van der Waals surface area contributed by atoms with E-state index in [4.69, 9.17) is 0 Å². The Balaban J connectivity index is 2.08. The highest BCUT2D eigenvalue weighted by Crippen LogP contribution is 2.24. The molecule has 2 aromatic carbocycles. The largest absolute Gasteiger partial charge is 0.435 e. The fraction of sp³-hybridized carbons (Fsp3) is 0.200. The predicted octanol–water partition coefficient (Wildman–Crippen LogP) is 4.74. The molecule has 0 aromatic heterocycles. The normalized spacial score (nSPS) is 12.3. The molecule has 0 aliphatic heterocycles. The Labute approximate surface area is 119 Å². The number of hydrogen-bond donors (Lipinski definition) is 1. The van der Waals surface area contributed by atoms with E-state index in [1.165, 1.54) is 24.3 Å². The van der Waals surface area contributed by atoms with Crippen LogP contribution in [0.3, 0.4) is 0 Å². The van der Waals surface area contributed by atoms with E-state index in [0.29, 0.717) is 5.69 Å². The molecule has 2 rings (SSSR count). The molecule has 6 heteroatoms. The van der Waals surface area contributed by atoms with Gasteiger partial charge < -0.3 is 10.1 Å². The van der Waals surface area contributed by atoms with Crippen LogP contribution in [0.1, 0.15) is 18.5 Å². The Bertz CT molecular complexity index is 601. The van der Waals surface area contributed by atoms with Gasteiger partial charge in [-0.25, -0.2) is 8.78 Å². The van der Waals surface area contributed by atoms with Gasteiger partial charge in [0, 0.05) is 11.3 Å². The van der Waals surface area contributed by atoms with Crippen LogP contribution in [0.5, 0.6) is 5.75 Å². The molecule has 0 bridgehead atoms. The number of alkyl halides is 2. The van der Waals surface area contributed by atoms with Crippen molar-refractivity contribution < 1.29 is 22.3 Å². The molecule has 2 nitrogen and oxygen atoms in total. The third kappa shape index (κ3) is 4.11. The van der Waals surface area contributed by atoms with Gasteiger partial charge in [-0.05, 0) is 49.4 Å². The fourth-order valence-corrected chi connectivity index (χ4v) is 1.91. The van der Waals surface area contributed by atoms with Crippen molar-refractivity contribution in [2.75, 3.05) is 5.32 Å². The molecule has 21 heavy (non-hydrogen) atoms. The number of ether oxygens (including phenoxy) is 1. The summed E-state index contributed by atoms with van der Waals surface area (Å²) in [7, 11) is 0. The molecule has 0 fully saturated rings. The lowest BCUT2D eigenvalue weighted by molar-refractivity contribution is -0.0498. The van der Waals surface area contributed by atoms with Crippen LogP contribution >= 0.6 is 0 Å². The highest BCUT2D eigenvalue weighted by atomic mass is 19.3. The summed E-state index contributed by atoms with van der Waals surface area (Å²) in [6, 6.07) is 8.50. The number of hydrogen-bond acceptors (Lipinski definition) is 2. The quantitative estimate of drug-likeness (QED) is 0.805. The fourth-order valence-electron chi connectivity index (χ4n) is 1.91. The summed E-state index contributed by atoms with van der Waals surface area (Å²) in [5.41, 5.74) is 0.760. The van der Waals surface area contributed by atoms with Crippen LogP contribution in [-0.2, 0) is 0 Å². The molecule has 0 saturated carbocycles. The molecule has 1 N–H and O–H groups in total. The Morgan fingerprint density at radius 2 is 1.67 bits per heavy atom. The molecule has 112 valence electrons. The smallest absolute Gasteiger partial charge is 0.387 e. The molecule has 0 spiro atoms. The van der Waals surface area contributed by atoms with Gasteiger partial charge in [-0.2, -0.15) is 8.78 Å². The second-order valence-corrected chi connectivity index (χ2v) is 4.43. The van der Waals surface area contributed by atoms with E-state index in [9.17, 15) is 17.6 Å². The molecule has 0 radical (unpaired) electrons. The first-order chi connectivity index (χ1) is 9.95. The molecular formula is C15H13F4NO. The third-order valence-electron chi connectivity index (χ3n) is 2.89. The Morgan fingerprint density at radius 1 is 1.00 bits per heavy atom. The minimum Gasteiger partial charge on any atom is -0.435 e. The zero-order chi connectivity index (χ0) is 15.4. The lowest BCUT2D eigenvalue weighted by Crippen LogP contribution is -2.09. The first-order valence-electron chi connectivity index (χ1n) is 6.22. The Kier molecular flexibility index (Phi) is 4.67. The highest BCUT2D eigenvalue weighted by molar-refractivity contribution is 5.48. The summed E-state index contributed by atoms with van der Waals surface area (Å²) in [5.74, 6) is -1.02. The summed E-state index contributed by atoms with van der Waals surface area (Å²) in [6.07, 6.45) is 0. The van der Waals surface area contributed by atoms with E-state index in [0.717, 1.165) is 18.2 Å². The molecule has 0 amide bonds. The van der Waals surface area contributed by atoms with Gasteiger partial charge in [0.05, 0.1) is 6.04 Å². The number of rotatable bonds is 5. The predicted molar refractivity (Wildman–Crippen MR) is 71.5 cm³/mol. The SMILES string of the molecule is CC(Nc1ccc(OC(F)F)cc1)c1cc(F)ccc1F. The first-order valence-corrected chi connectivity index (χ1v) is 6.22. The van der Waals surface area contributed by atoms with Crippen LogP contribution in [0.25, 0.3) is 0 Å². The zero-order valence-corrected chi connectivity index (χ0v) is 11.1. The van der Waals surface area contributed by atoms with E-state index in [2.05, 4.69) is 10.1 Å². The molecule has 1 atom stereocenters. The number of nitrogens with one attached hydrogen (secondary N) is 1. The number of halogens is 4. The number of benzene rings is 2. The summed E-state index contributed by atoms with van der Waals surface area (Å²) >= 11 is 0. The topological polar surface area (TPSA) is 21.3 Å². The Hall–Kier alpha value is -2.24. The van der Waals surface area contributed by atoms with E-state index in [1.54, 1.807) is 6.92 Å². The van der Waals surface area contributed by atoms with Crippen LogP contribution in [-0.4, -0.2) is 6.61 Å². The minimum absolute atomic E-state index is 0.0279. The monoisotopic (exact) mass is 299 g/mol. The summed E-state index contributed by atoms with van der Waals surface area (Å²) < 4.78 is 55.0. The maximum Gasteiger partial charge on any atom is 0.387 e. The second kappa shape index (κ2) is 6.47. The van der Waals surface area contributed by atoms with Gasteiger partial charge >= 0.3 is 6.61 Å². The minimum atomic E-state index is -2.89. The van der Waals surface area contributed by atoms with Crippen molar-refractivity contribution in [3.05, 3.63) is 59.7 Å². The summed E-state index contributed by atoms with van der Waals surface area (Å²) in [6.45, 7) is -1.22. The molecular weight excluding hydrogens is 286 g/mol. The van der Waals surface area contributed by atoms with Crippen molar-refractivity contribution in [1.82, 2.24) is 0 Å². The molecule has 2 aromatic rings. The lowest BCUT2D eigenvalue weighted by atomic mass is 10.1. The molecule has 0 heterocycles. The van der Waals surface area contributed by atoms with Crippen molar-refractivity contribution in [2.45, 2.75) is 19.6 Å². The zero-order valence-electron chi connectivity index (χ0n) is 11.1. The third-order valence-corrected chi connectivity index (χ3v) is 2.89. The van der Waals surface area contributed by atoms with Crippen LogP contribution in [0.4, 0.5) is 23.2 Å². The molecule has 0 aliphatic rings. The van der Waals surface area contributed by atoms with Crippen LogP contribution < -0.4 is 10.1 Å². The van der Waals surface area contributed by atoms with Gasteiger partial charge in [0.1, 0.15) is 17.4 Å². The highest BCUT2D eigenvalue weighted by Gasteiger charge is 2.12. The van der Waals surface area contributed by atoms with E-state index < -0.39 is 24.3 Å². The van der Waals surface area contributed by atoms with Gasteiger partial charge in [-0.15, -0.1) is 0 Å². The molecule has 1 unspecified atom stereocenters. The van der Waals surface area contributed by atoms with Crippen molar-refractivity contribution in [2.24, 2.45) is 0 Å². The second-order valence-electron chi connectivity index (χ2n) is 4.43.